The van der Waals surface area contributed by atoms with Crippen molar-refractivity contribution in [3.8, 4) is 0 Å². The maximum absolute atomic E-state index is 6.20. The summed E-state index contributed by atoms with van der Waals surface area (Å²) in [5, 5.41) is 0. The van der Waals surface area contributed by atoms with E-state index in [1.54, 1.807) is 0 Å². The van der Waals surface area contributed by atoms with E-state index in [0.717, 1.165) is 18.4 Å². The Balaban J connectivity index is 2.06. The fraction of sp³-hybridized carbons (Fsp3) is 0.929. The zero-order valence-electron chi connectivity index (χ0n) is 11.6. The minimum Gasteiger partial charge on any atom is -0.370 e. The topological polar surface area (TPSA) is 41.6 Å². The largest absolute Gasteiger partial charge is 0.370 e. The molecule has 3 heteroatoms. The van der Waals surface area contributed by atoms with Gasteiger partial charge in [-0.05, 0) is 52.4 Å². The molecule has 2 rings (SSSR count). The third-order valence-corrected chi connectivity index (χ3v) is 3.99. The first-order chi connectivity index (χ1) is 7.97. The van der Waals surface area contributed by atoms with Crippen LogP contribution in [0.5, 0.6) is 0 Å². The molecule has 0 amide bonds. The molecule has 2 aliphatic rings. The Hall–Kier alpha value is -0.730. The molecule has 1 atom stereocenters. The number of likely N-dealkylation sites (tertiary alicyclic amines) is 1. The average molecular weight is 237 g/mol. The van der Waals surface area contributed by atoms with E-state index in [4.69, 9.17) is 5.73 Å². The summed E-state index contributed by atoms with van der Waals surface area (Å²) in [4.78, 5) is 7.01. The average Bonchev–Trinajstić information content (AvgIpc) is 2.85. The van der Waals surface area contributed by atoms with Gasteiger partial charge in [0, 0.05) is 12.6 Å². The molecule has 2 N–H and O–H groups in total. The van der Waals surface area contributed by atoms with Crippen LogP contribution in [0.25, 0.3) is 0 Å². The molecule has 0 aromatic heterocycles. The fourth-order valence-corrected chi connectivity index (χ4v) is 3.32. The van der Waals surface area contributed by atoms with Gasteiger partial charge in [-0.1, -0.05) is 12.8 Å². The lowest BCUT2D eigenvalue weighted by molar-refractivity contribution is 0.276. The zero-order valence-corrected chi connectivity index (χ0v) is 11.6. The van der Waals surface area contributed by atoms with Crippen molar-refractivity contribution in [2.24, 2.45) is 16.6 Å². The molecule has 0 bridgehead atoms. The van der Waals surface area contributed by atoms with E-state index in [-0.39, 0.29) is 5.54 Å². The molecule has 1 aliphatic carbocycles. The maximum atomic E-state index is 6.20. The van der Waals surface area contributed by atoms with Crippen LogP contribution in [0.2, 0.25) is 0 Å². The molecule has 0 aromatic carbocycles. The molecule has 1 saturated carbocycles. The third-order valence-electron chi connectivity index (χ3n) is 3.99. The van der Waals surface area contributed by atoms with Crippen LogP contribution >= 0.6 is 0 Å². The smallest absolute Gasteiger partial charge is 0.192 e. The summed E-state index contributed by atoms with van der Waals surface area (Å²) in [6.45, 7) is 7.44. The fourth-order valence-electron chi connectivity index (χ4n) is 3.32. The minimum atomic E-state index is -0.0626. The summed E-state index contributed by atoms with van der Waals surface area (Å²) in [5.74, 6) is 1.64. The van der Waals surface area contributed by atoms with Gasteiger partial charge in [0.2, 0.25) is 0 Å². The molecule has 2 fully saturated rings. The van der Waals surface area contributed by atoms with E-state index in [2.05, 4.69) is 30.7 Å². The van der Waals surface area contributed by atoms with Crippen molar-refractivity contribution in [2.45, 2.75) is 70.9 Å². The van der Waals surface area contributed by atoms with Crippen molar-refractivity contribution in [3.05, 3.63) is 0 Å². The maximum Gasteiger partial charge on any atom is 0.192 e. The van der Waals surface area contributed by atoms with Gasteiger partial charge in [0.15, 0.2) is 5.96 Å². The molecule has 17 heavy (non-hydrogen) atoms. The Bertz CT molecular complexity index is 284. The van der Waals surface area contributed by atoms with E-state index >= 15 is 0 Å². The second-order valence-electron chi connectivity index (χ2n) is 6.59. The van der Waals surface area contributed by atoms with Gasteiger partial charge in [0.25, 0.3) is 0 Å². The Morgan fingerprint density at radius 3 is 2.35 bits per heavy atom. The van der Waals surface area contributed by atoms with Crippen LogP contribution in [0.15, 0.2) is 4.99 Å². The number of hydrogen-bond donors (Lipinski definition) is 1. The molecule has 98 valence electrons. The predicted octanol–water partition coefficient (Wildman–Crippen LogP) is 2.75. The quantitative estimate of drug-likeness (QED) is 0.563. The Morgan fingerprint density at radius 1 is 1.12 bits per heavy atom. The molecular weight excluding hydrogens is 210 g/mol. The normalized spacial score (nSPS) is 28.1. The van der Waals surface area contributed by atoms with Crippen LogP contribution in [0.1, 0.15) is 59.3 Å². The number of guanidine groups is 1. The minimum absolute atomic E-state index is 0.0626. The van der Waals surface area contributed by atoms with Crippen LogP contribution in [0.4, 0.5) is 0 Å². The molecule has 0 spiro atoms. The first-order valence-electron chi connectivity index (χ1n) is 7.09. The molecule has 0 aromatic rings. The van der Waals surface area contributed by atoms with Gasteiger partial charge >= 0.3 is 0 Å². The van der Waals surface area contributed by atoms with E-state index in [9.17, 15) is 0 Å². The lowest BCUT2D eigenvalue weighted by Crippen LogP contribution is -2.44. The first kappa shape index (κ1) is 12.7. The van der Waals surface area contributed by atoms with Crippen LogP contribution in [0.3, 0.4) is 0 Å². The highest BCUT2D eigenvalue weighted by molar-refractivity contribution is 5.79. The highest BCUT2D eigenvalue weighted by Crippen LogP contribution is 2.35. The van der Waals surface area contributed by atoms with Crippen molar-refractivity contribution in [3.63, 3.8) is 0 Å². The Morgan fingerprint density at radius 2 is 1.76 bits per heavy atom. The summed E-state index contributed by atoms with van der Waals surface area (Å²) in [7, 11) is 0. The van der Waals surface area contributed by atoms with Crippen LogP contribution in [-0.4, -0.2) is 29.0 Å². The number of hydrogen-bond acceptors (Lipinski definition) is 1. The highest BCUT2D eigenvalue weighted by Gasteiger charge is 2.34. The first-order valence-corrected chi connectivity index (χ1v) is 7.09. The zero-order chi connectivity index (χ0) is 12.5. The summed E-state index contributed by atoms with van der Waals surface area (Å²) < 4.78 is 0. The second-order valence-corrected chi connectivity index (χ2v) is 6.59. The molecule has 3 nitrogen and oxygen atoms in total. The van der Waals surface area contributed by atoms with Crippen LogP contribution in [0, 0.1) is 5.92 Å². The van der Waals surface area contributed by atoms with Crippen molar-refractivity contribution in [1.29, 1.82) is 0 Å². The SMILES string of the molecule is CC(C)(C)N=C(N)N1CCCC1C1CCCC1. The van der Waals surface area contributed by atoms with Crippen LogP contribution < -0.4 is 5.73 Å². The second kappa shape index (κ2) is 4.87. The van der Waals surface area contributed by atoms with Crippen LogP contribution in [-0.2, 0) is 0 Å². The van der Waals surface area contributed by atoms with Gasteiger partial charge in [0.1, 0.15) is 0 Å². The Kier molecular flexibility index (Phi) is 3.64. The summed E-state index contributed by atoms with van der Waals surface area (Å²) >= 11 is 0. The van der Waals surface area contributed by atoms with Gasteiger partial charge in [-0.2, -0.15) is 0 Å². The van der Waals surface area contributed by atoms with Gasteiger partial charge in [-0.3, -0.25) is 0 Å². The van der Waals surface area contributed by atoms with Crippen molar-refractivity contribution >= 4 is 5.96 Å². The molecular formula is C14H27N3. The van der Waals surface area contributed by atoms with Crippen molar-refractivity contribution < 1.29 is 0 Å². The number of rotatable bonds is 1. The van der Waals surface area contributed by atoms with E-state index < -0.39 is 0 Å². The van der Waals surface area contributed by atoms with Gasteiger partial charge < -0.3 is 10.6 Å². The lowest BCUT2D eigenvalue weighted by Gasteiger charge is -2.31. The van der Waals surface area contributed by atoms with Gasteiger partial charge in [-0.15, -0.1) is 0 Å². The van der Waals surface area contributed by atoms with E-state index in [1.807, 2.05) is 0 Å². The number of nitrogens with two attached hydrogens (primary N) is 1. The highest BCUT2D eigenvalue weighted by atomic mass is 15.3. The summed E-state index contributed by atoms with van der Waals surface area (Å²) in [5.41, 5.74) is 6.14. The Labute approximate surface area is 105 Å². The van der Waals surface area contributed by atoms with Crippen molar-refractivity contribution in [1.82, 2.24) is 4.90 Å². The standard InChI is InChI=1S/C14H27N3/c1-14(2,3)16-13(15)17-10-6-9-12(17)11-7-4-5-8-11/h11-12H,4-10H2,1-3H3,(H2,15,16). The molecule has 1 unspecified atom stereocenters. The number of aliphatic imine (C=N–C) groups is 1. The van der Waals surface area contributed by atoms with Crippen molar-refractivity contribution in [2.75, 3.05) is 6.54 Å². The summed E-state index contributed by atoms with van der Waals surface area (Å²) in [6, 6.07) is 0.670. The lowest BCUT2D eigenvalue weighted by atomic mass is 9.96. The van der Waals surface area contributed by atoms with E-state index in [1.165, 1.54) is 38.5 Å². The predicted molar refractivity (Wildman–Crippen MR) is 73.1 cm³/mol. The molecule has 0 radical (unpaired) electrons. The van der Waals surface area contributed by atoms with Gasteiger partial charge in [0.05, 0.1) is 5.54 Å². The summed E-state index contributed by atoms with van der Waals surface area (Å²) in [6.07, 6.45) is 8.19. The van der Waals surface area contributed by atoms with Gasteiger partial charge in [-0.25, -0.2) is 4.99 Å². The molecule has 1 aliphatic heterocycles. The third kappa shape index (κ3) is 3.14. The molecule has 1 heterocycles. The number of nitrogens with zero attached hydrogens (tertiary/aromatic N) is 2. The molecule has 1 saturated heterocycles. The van der Waals surface area contributed by atoms with E-state index in [0.29, 0.717) is 6.04 Å². The monoisotopic (exact) mass is 237 g/mol.